The Kier molecular flexibility index (Phi) is 2.98. The van der Waals surface area contributed by atoms with Gasteiger partial charge in [-0.2, -0.15) is 24.5 Å². The van der Waals surface area contributed by atoms with E-state index in [0.717, 1.165) is 16.7 Å². The predicted octanol–water partition coefficient (Wildman–Crippen LogP) is 3.18. The van der Waals surface area contributed by atoms with Crippen LogP contribution >= 0.6 is 11.3 Å². The van der Waals surface area contributed by atoms with Crippen molar-refractivity contribution in [2.45, 2.75) is 25.6 Å². The molecule has 0 aliphatic heterocycles. The van der Waals surface area contributed by atoms with E-state index < -0.39 is 17.8 Å². The van der Waals surface area contributed by atoms with Gasteiger partial charge >= 0.3 is 6.18 Å². The minimum absolute atomic E-state index is 0.208. The van der Waals surface area contributed by atoms with Gasteiger partial charge in [0.2, 0.25) is 0 Å². The van der Waals surface area contributed by atoms with Crippen molar-refractivity contribution < 1.29 is 13.2 Å². The number of rotatable bonds is 2. The van der Waals surface area contributed by atoms with Crippen LogP contribution in [-0.2, 0) is 6.18 Å². The predicted molar refractivity (Wildman–Crippen MR) is 46.5 cm³/mol. The molecule has 1 nitrogen and oxygen atoms in total. The van der Waals surface area contributed by atoms with Crippen molar-refractivity contribution in [1.29, 1.82) is 0 Å². The molecule has 1 atom stereocenters. The summed E-state index contributed by atoms with van der Waals surface area (Å²) >= 11 is 1.04. The summed E-state index contributed by atoms with van der Waals surface area (Å²) in [6.07, 6.45) is -3.76. The highest BCUT2D eigenvalue weighted by Gasteiger charge is 2.34. The van der Waals surface area contributed by atoms with Gasteiger partial charge in [0.05, 0.1) is 5.56 Å². The molecule has 0 aromatic carbocycles. The maximum atomic E-state index is 12.3. The van der Waals surface area contributed by atoms with Crippen molar-refractivity contribution in [3.05, 3.63) is 21.9 Å². The summed E-state index contributed by atoms with van der Waals surface area (Å²) in [6.45, 7) is 1.77. The van der Waals surface area contributed by atoms with Crippen LogP contribution in [0.25, 0.3) is 0 Å². The van der Waals surface area contributed by atoms with Crippen LogP contribution in [0.5, 0.6) is 0 Å². The highest BCUT2D eigenvalue weighted by molar-refractivity contribution is 7.08. The molecule has 0 unspecified atom stereocenters. The zero-order chi connectivity index (χ0) is 10.1. The Balaban J connectivity index is 3.03. The molecule has 0 spiro atoms. The summed E-state index contributed by atoms with van der Waals surface area (Å²) in [6, 6.07) is -0.511. The minimum Gasteiger partial charge on any atom is -0.324 e. The molecular weight excluding hydrogens is 199 g/mol. The average Bonchev–Trinajstić information content (AvgIpc) is 2.49. The number of halogens is 3. The molecule has 2 N–H and O–H groups in total. The average molecular weight is 209 g/mol. The molecule has 1 aromatic rings. The normalized spacial score (nSPS) is 14.5. The van der Waals surface area contributed by atoms with Crippen molar-refractivity contribution in [1.82, 2.24) is 0 Å². The smallest absolute Gasteiger partial charge is 0.324 e. The van der Waals surface area contributed by atoms with Crippen LogP contribution in [0.15, 0.2) is 10.8 Å². The van der Waals surface area contributed by atoms with E-state index in [1.165, 1.54) is 5.38 Å². The van der Waals surface area contributed by atoms with Crippen LogP contribution in [0.4, 0.5) is 13.2 Å². The summed E-state index contributed by atoms with van der Waals surface area (Å²) in [5.74, 6) is 0. The molecule has 0 radical (unpaired) electrons. The van der Waals surface area contributed by atoms with Gasteiger partial charge in [0.15, 0.2) is 0 Å². The first-order valence-electron chi connectivity index (χ1n) is 3.85. The number of alkyl halides is 3. The molecule has 5 heteroatoms. The molecule has 1 rings (SSSR count). The van der Waals surface area contributed by atoms with Crippen LogP contribution in [0, 0.1) is 0 Å². The van der Waals surface area contributed by atoms with Crippen molar-refractivity contribution >= 4 is 11.3 Å². The van der Waals surface area contributed by atoms with Gasteiger partial charge in [0, 0.05) is 11.4 Å². The molecule has 0 bridgehead atoms. The molecule has 0 saturated heterocycles. The third kappa shape index (κ3) is 2.22. The van der Waals surface area contributed by atoms with E-state index >= 15 is 0 Å². The van der Waals surface area contributed by atoms with E-state index in [9.17, 15) is 13.2 Å². The fraction of sp³-hybridized carbons (Fsp3) is 0.500. The first kappa shape index (κ1) is 10.5. The number of hydrogen-bond donors (Lipinski definition) is 1. The Hall–Kier alpha value is -0.550. The zero-order valence-corrected chi connectivity index (χ0v) is 7.88. The lowest BCUT2D eigenvalue weighted by molar-refractivity contribution is -0.138. The lowest BCUT2D eigenvalue weighted by Gasteiger charge is -2.12. The summed E-state index contributed by atoms with van der Waals surface area (Å²) in [4.78, 5) is 0. The Bertz CT molecular complexity index is 279. The van der Waals surface area contributed by atoms with Gasteiger partial charge in [-0.3, -0.25) is 0 Å². The number of hydrogen-bond acceptors (Lipinski definition) is 2. The molecule has 0 aliphatic carbocycles. The quantitative estimate of drug-likeness (QED) is 0.795. The maximum Gasteiger partial charge on any atom is 0.417 e. The number of thiophene rings is 1. The van der Waals surface area contributed by atoms with E-state index in [-0.39, 0.29) is 5.56 Å². The second-order valence-electron chi connectivity index (χ2n) is 2.75. The third-order valence-corrected chi connectivity index (χ3v) is 2.60. The van der Waals surface area contributed by atoms with E-state index in [2.05, 4.69) is 0 Å². The van der Waals surface area contributed by atoms with Crippen LogP contribution in [0.2, 0.25) is 0 Å². The van der Waals surface area contributed by atoms with Crippen LogP contribution < -0.4 is 5.73 Å². The van der Waals surface area contributed by atoms with Crippen molar-refractivity contribution in [3.8, 4) is 0 Å². The Morgan fingerprint density at radius 3 is 2.54 bits per heavy atom. The first-order valence-corrected chi connectivity index (χ1v) is 4.80. The largest absolute Gasteiger partial charge is 0.417 e. The van der Waals surface area contributed by atoms with Gasteiger partial charge in [-0.05, 0) is 17.4 Å². The molecule has 0 amide bonds. The zero-order valence-electron chi connectivity index (χ0n) is 7.06. The lowest BCUT2D eigenvalue weighted by Crippen LogP contribution is -2.14. The second kappa shape index (κ2) is 3.67. The molecular formula is C8H10F3NS. The molecule has 1 aromatic heterocycles. The molecule has 1 heterocycles. The van der Waals surface area contributed by atoms with E-state index in [0.29, 0.717) is 6.42 Å². The van der Waals surface area contributed by atoms with E-state index in [1.807, 2.05) is 0 Å². The van der Waals surface area contributed by atoms with Crippen LogP contribution in [0.3, 0.4) is 0 Å². The number of nitrogens with two attached hydrogens (primary N) is 1. The Labute approximate surface area is 78.4 Å². The Morgan fingerprint density at radius 1 is 1.46 bits per heavy atom. The van der Waals surface area contributed by atoms with Gasteiger partial charge in [-0.25, -0.2) is 0 Å². The Morgan fingerprint density at radius 2 is 2.08 bits per heavy atom. The maximum absolute atomic E-state index is 12.3. The van der Waals surface area contributed by atoms with E-state index in [4.69, 9.17) is 5.73 Å². The van der Waals surface area contributed by atoms with Gasteiger partial charge in [0.1, 0.15) is 0 Å². The first-order chi connectivity index (χ1) is 5.96. The summed E-state index contributed by atoms with van der Waals surface area (Å²) in [5.41, 5.74) is 5.16. The van der Waals surface area contributed by atoms with Gasteiger partial charge in [0.25, 0.3) is 0 Å². The standard InChI is InChI=1S/C8H10F3NS/c1-2-7(12)5-3-13-4-6(5)8(9,10)11/h3-4,7H,2,12H2,1H3/t7-/m1/s1. The second-order valence-corrected chi connectivity index (χ2v) is 3.50. The highest BCUT2D eigenvalue weighted by Crippen LogP contribution is 2.36. The van der Waals surface area contributed by atoms with Crippen molar-refractivity contribution in [2.24, 2.45) is 5.73 Å². The fourth-order valence-corrected chi connectivity index (χ4v) is 1.97. The summed E-state index contributed by atoms with van der Waals surface area (Å²) in [7, 11) is 0. The SMILES string of the molecule is CC[C@@H](N)c1cscc1C(F)(F)F. The van der Waals surface area contributed by atoms with Gasteiger partial charge in [-0.15, -0.1) is 0 Å². The highest BCUT2D eigenvalue weighted by atomic mass is 32.1. The molecule has 74 valence electrons. The molecule has 0 fully saturated rings. The fourth-order valence-electron chi connectivity index (χ4n) is 1.04. The molecule has 13 heavy (non-hydrogen) atoms. The lowest BCUT2D eigenvalue weighted by atomic mass is 10.0. The summed E-state index contributed by atoms with van der Waals surface area (Å²) in [5, 5.41) is 2.57. The third-order valence-electron chi connectivity index (χ3n) is 1.84. The van der Waals surface area contributed by atoms with Crippen LogP contribution in [0.1, 0.15) is 30.5 Å². The minimum atomic E-state index is -4.28. The topological polar surface area (TPSA) is 26.0 Å². The van der Waals surface area contributed by atoms with E-state index in [1.54, 1.807) is 6.92 Å². The van der Waals surface area contributed by atoms with Crippen molar-refractivity contribution in [3.63, 3.8) is 0 Å². The molecule has 0 saturated carbocycles. The monoisotopic (exact) mass is 209 g/mol. The molecule has 0 aliphatic rings. The van der Waals surface area contributed by atoms with Crippen molar-refractivity contribution in [2.75, 3.05) is 0 Å². The van der Waals surface area contributed by atoms with Crippen LogP contribution in [-0.4, -0.2) is 0 Å². The van der Waals surface area contributed by atoms with Gasteiger partial charge in [-0.1, -0.05) is 6.92 Å². The van der Waals surface area contributed by atoms with Gasteiger partial charge < -0.3 is 5.73 Å². The summed E-state index contributed by atoms with van der Waals surface area (Å²) < 4.78 is 37.0.